The van der Waals surface area contributed by atoms with Crippen molar-refractivity contribution in [2.45, 2.75) is 70.9 Å². The zero-order valence-electron chi connectivity index (χ0n) is 12.8. The van der Waals surface area contributed by atoms with Crippen LogP contribution >= 0.6 is 0 Å². The number of hydrogen-bond acceptors (Lipinski definition) is 4. The summed E-state index contributed by atoms with van der Waals surface area (Å²) in [5.41, 5.74) is 0. The molecule has 114 valence electrons. The van der Waals surface area contributed by atoms with Crippen molar-refractivity contribution in [1.29, 1.82) is 0 Å². The maximum Gasteiger partial charge on any atom is 0.323 e. The molecule has 3 atom stereocenters. The van der Waals surface area contributed by atoms with Crippen LogP contribution in [0.5, 0.6) is 0 Å². The van der Waals surface area contributed by atoms with Crippen molar-refractivity contribution in [2.24, 2.45) is 5.92 Å². The molecule has 0 N–H and O–H groups in total. The molecule has 4 nitrogen and oxygen atoms in total. The van der Waals surface area contributed by atoms with Crippen molar-refractivity contribution < 1.29 is 14.3 Å². The van der Waals surface area contributed by atoms with Crippen molar-refractivity contribution in [1.82, 2.24) is 4.90 Å². The Hall–Kier alpha value is -0.900. The minimum atomic E-state index is -0.173. The summed E-state index contributed by atoms with van der Waals surface area (Å²) in [6.07, 6.45) is 6.84. The van der Waals surface area contributed by atoms with Crippen molar-refractivity contribution in [3.63, 3.8) is 0 Å². The minimum absolute atomic E-state index is 0.118. The molecule has 4 heteroatoms. The van der Waals surface area contributed by atoms with Crippen LogP contribution in [0.3, 0.4) is 0 Å². The van der Waals surface area contributed by atoms with E-state index < -0.39 is 0 Å². The van der Waals surface area contributed by atoms with Gasteiger partial charge in [0.2, 0.25) is 0 Å². The van der Waals surface area contributed by atoms with Gasteiger partial charge < -0.3 is 4.74 Å². The summed E-state index contributed by atoms with van der Waals surface area (Å²) in [7, 11) is 0. The van der Waals surface area contributed by atoms with Crippen LogP contribution in [0.15, 0.2) is 0 Å². The molecule has 2 aliphatic rings. The van der Waals surface area contributed by atoms with Gasteiger partial charge in [-0.1, -0.05) is 13.3 Å². The number of carbonyl (C=O) groups is 2. The molecular weight excluding hydrogens is 254 g/mol. The van der Waals surface area contributed by atoms with E-state index in [0.717, 1.165) is 45.1 Å². The molecule has 2 rings (SSSR count). The van der Waals surface area contributed by atoms with Gasteiger partial charge in [-0.3, -0.25) is 14.5 Å². The molecule has 0 spiro atoms. The number of rotatable bonds is 5. The van der Waals surface area contributed by atoms with E-state index in [1.165, 1.54) is 6.42 Å². The highest BCUT2D eigenvalue weighted by Gasteiger charge is 2.40. The summed E-state index contributed by atoms with van der Waals surface area (Å²) in [5.74, 6) is 0.437. The van der Waals surface area contributed by atoms with E-state index in [4.69, 9.17) is 4.74 Å². The van der Waals surface area contributed by atoms with Gasteiger partial charge in [0.15, 0.2) is 0 Å². The van der Waals surface area contributed by atoms with E-state index in [1.54, 1.807) is 0 Å². The zero-order valence-corrected chi connectivity index (χ0v) is 12.8. The average Bonchev–Trinajstić information content (AvgIpc) is 2.87. The lowest BCUT2D eigenvalue weighted by atomic mass is 9.87. The van der Waals surface area contributed by atoms with Crippen molar-refractivity contribution in [2.75, 3.05) is 13.2 Å². The lowest BCUT2D eigenvalue weighted by Gasteiger charge is -2.42. The van der Waals surface area contributed by atoms with Crippen molar-refractivity contribution in [3.05, 3.63) is 0 Å². The Morgan fingerprint density at radius 3 is 2.70 bits per heavy atom. The third-order valence-corrected chi connectivity index (χ3v) is 4.75. The molecule has 1 heterocycles. The molecular formula is C16H27NO3. The van der Waals surface area contributed by atoms with Crippen LogP contribution in [0.4, 0.5) is 0 Å². The molecule has 1 saturated carbocycles. The number of esters is 1. The highest BCUT2D eigenvalue weighted by Crippen LogP contribution is 2.34. The van der Waals surface area contributed by atoms with Gasteiger partial charge in [-0.15, -0.1) is 0 Å². The summed E-state index contributed by atoms with van der Waals surface area (Å²) in [6, 6.07) is 0.0850. The Bertz CT molecular complexity index is 356. The normalized spacial score (nSPS) is 29.4. The lowest BCUT2D eigenvalue weighted by Crippen LogP contribution is -2.53. The predicted molar refractivity (Wildman–Crippen MR) is 77.4 cm³/mol. The summed E-state index contributed by atoms with van der Waals surface area (Å²) < 4.78 is 5.22. The quantitative estimate of drug-likeness (QED) is 0.727. The standard InChI is InChI=1S/C16H27NO3/c1-3-13(16(19)20-4-2)17-11-6-5-9-14(17)12-8-7-10-15(12)18/h12-14H,3-11H2,1-2H3. The highest BCUT2D eigenvalue weighted by atomic mass is 16.5. The smallest absolute Gasteiger partial charge is 0.323 e. The molecule has 20 heavy (non-hydrogen) atoms. The first-order valence-electron chi connectivity index (χ1n) is 8.14. The molecule has 1 saturated heterocycles. The second-order valence-electron chi connectivity index (χ2n) is 5.94. The topological polar surface area (TPSA) is 46.6 Å². The highest BCUT2D eigenvalue weighted by molar-refractivity contribution is 5.83. The first-order chi connectivity index (χ1) is 9.69. The molecule has 0 bridgehead atoms. The number of piperidine rings is 1. The fraction of sp³-hybridized carbons (Fsp3) is 0.875. The Labute approximate surface area is 121 Å². The number of ether oxygens (including phenoxy) is 1. The second kappa shape index (κ2) is 7.21. The van der Waals surface area contributed by atoms with Crippen LogP contribution in [-0.2, 0) is 14.3 Å². The van der Waals surface area contributed by atoms with Gasteiger partial charge in [0, 0.05) is 18.4 Å². The molecule has 2 fully saturated rings. The van der Waals surface area contributed by atoms with E-state index in [9.17, 15) is 9.59 Å². The number of nitrogens with zero attached hydrogens (tertiary/aromatic N) is 1. The summed E-state index contributed by atoms with van der Waals surface area (Å²) >= 11 is 0. The minimum Gasteiger partial charge on any atom is -0.465 e. The predicted octanol–water partition coefficient (Wildman–Crippen LogP) is 2.55. The summed E-state index contributed by atoms with van der Waals surface area (Å²) in [6.45, 7) is 5.23. The van der Waals surface area contributed by atoms with Gasteiger partial charge in [0.1, 0.15) is 11.8 Å². The van der Waals surface area contributed by atoms with Gasteiger partial charge in [-0.05, 0) is 45.6 Å². The fourth-order valence-electron chi connectivity index (χ4n) is 3.82. The Balaban J connectivity index is 2.12. The van der Waals surface area contributed by atoms with Crippen LogP contribution in [0.1, 0.15) is 58.8 Å². The molecule has 0 aromatic heterocycles. The number of ketones is 1. The van der Waals surface area contributed by atoms with Crippen LogP contribution < -0.4 is 0 Å². The van der Waals surface area contributed by atoms with Crippen LogP contribution in [0.25, 0.3) is 0 Å². The molecule has 1 aliphatic carbocycles. The summed E-state index contributed by atoms with van der Waals surface area (Å²) in [5, 5.41) is 0. The molecule has 0 aromatic carbocycles. The molecule has 0 radical (unpaired) electrons. The van der Waals surface area contributed by atoms with E-state index >= 15 is 0 Å². The SMILES string of the molecule is CCOC(=O)C(CC)N1CCCCC1C1CCCC1=O. The van der Waals surface area contributed by atoms with Gasteiger partial charge in [0.25, 0.3) is 0 Å². The monoisotopic (exact) mass is 281 g/mol. The largest absolute Gasteiger partial charge is 0.465 e. The van der Waals surface area contributed by atoms with Crippen LogP contribution in [-0.4, -0.2) is 41.9 Å². The van der Waals surface area contributed by atoms with Crippen LogP contribution in [0, 0.1) is 5.92 Å². The fourth-order valence-corrected chi connectivity index (χ4v) is 3.82. The molecule has 1 aliphatic heterocycles. The van der Waals surface area contributed by atoms with E-state index in [2.05, 4.69) is 4.90 Å². The number of likely N-dealkylation sites (tertiary alicyclic amines) is 1. The first kappa shape index (κ1) is 15.5. The number of Topliss-reactive ketones (excluding diaryl/α,β-unsaturated/α-hetero) is 1. The summed E-state index contributed by atoms with van der Waals surface area (Å²) in [4.78, 5) is 26.5. The number of carbonyl (C=O) groups excluding carboxylic acids is 2. The van der Waals surface area contributed by atoms with Crippen molar-refractivity contribution >= 4 is 11.8 Å². The average molecular weight is 281 g/mol. The van der Waals surface area contributed by atoms with Gasteiger partial charge in [-0.2, -0.15) is 0 Å². The Morgan fingerprint density at radius 2 is 2.10 bits per heavy atom. The second-order valence-corrected chi connectivity index (χ2v) is 5.94. The first-order valence-corrected chi connectivity index (χ1v) is 8.14. The Kier molecular flexibility index (Phi) is 5.58. The molecule has 0 amide bonds. The van der Waals surface area contributed by atoms with E-state index in [1.807, 2.05) is 13.8 Å². The van der Waals surface area contributed by atoms with Crippen molar-refractivity contribution in [3.8, 4) is 0 Å². The number of hydrogen-bond donors (Lipinski definition) is 0. The molecule has 3 unspecified atom stereocenters. The van der Waals surface area contributed by atoms with E-state index in [-0.39, 0.29) is 24.0 Å². The Morgan fingerprint density at radius 1 is 1.30 bits per heavy atom. The van der Waals surface area contributed by atoms with E-state index in [0.29, 0.717) is 12.4 Å². The van der Waals surface area contributed by atoms with Gasteiger partial charge in [0.05, 0.1) is 6.61 Å². The lowest BCUT2D eigenvalue weighted by molar-refractivity contribution is -0.152. The van der Waals surface area contributed by atoms with Crippen LogP contribution in [0.2, 0.25) is 0 Å². The zero-order chi connectivity index (χ0) is 14.5. The van der Waals surface area contributed by atoms with Gasteiger partial charge in [-0.25, -0.2) is 0 Å². The third-order valence-electron chi connectivity index (χ3n) is 4.75. The molecule has 0 aromatic rings. The third kappa shape index (κ3) is 3.22. The maximum absolute atomic E-state index is 12.2. The van der Waals surface area contributed by atoms with Gasteiger partial charge >= 0.3 is 5.97 Å². The maximum atomic E-state index is 12.2.